The summed E-state index contributed by atoms with van der Waals surface area (Å²) in [5.74, 6) is -1.91. The molecule has 0 heterocycles. The highest BCUT2D eigenvalue weighted by Gasteiger charge is 1.97. The van der Waals surface area contributed by atoms with Gasteiger partial charge in [0.25, 0.3) is 0 Å². The Kier molecular flexibility index (Phi) is 4.08. The second kappa shape index (κ2) is 5.55. The molecule has 0 unspecified atom stereocenters. The number of hydrogen-bond donors (Lipinski definition) is 2. The van der Waals surface area contributed by atoms with E-state index in [0.29, 0.717) is 11.8 Å². The average Bonchev–Trinajstić information content (AvgIpc) is 2.27. The van der Waals surface area contributed by atoms with Crippen LogP contribution in [-0.4, -0.2) is 18.9 Å². The summed E-state index contributed by atoms with van der Waals surface area (Å²) in [7, 11) is 1.79. The quantitative estimate of drug-likeness (QED) is 0.697. The lowest BCUT2D eigenvalue weighted by molar-refractivity contribution is -0.297. The fourth-order valence-electron chi connectivity index (χ4n) is 1.05. The zero-order valence-electron chi connectivity index (χ0n) is 8.69. The van der Waals surface area contributed by atoms with E-state index in [1.807, 2.05) is 0 Å². The van der Waals surface area contributed by atoms with Crippen molar-refractivity contribution in [2.24, 2.45) is 0 Å². The van der Waals surface area contributed by atoms with Crippen LogP contribution in [-0.2, 0) is 9.59 Å². The molecular formula is C11H11N2O3-. The van der Waals surface area contributed by atoms with Crippen molar-refractivity contribution in [1.82, 2.24) is 0 Å². The molecule has 1 aromatic carbocycles. The van der Waals surface area contributed by atoms with Crippen LogP contribution >= 0.6 is 0 Å². The van der Waals surface area contributed by atoms with Crippen molar-refractivity contribution in [3.05, 3.63) is 36.4 Å². The van der Waals surface area contributed by atoms with Crippen LogP contribution in [0.3, 0.4) is 0 Å². The second-order valence-corrected chi connectivity index (χ2v) is 2.97. The Bertz CT molecular complexity index is 410. The number of anilines is 2. The molecule has 1 amide bonds. The lowest BCUT2D eigenvalue weighted by atomic mass is 10.3. The van der Waals surface area contributed by atoms with Crippen LogP contribution in [0.5, 0.6) is 0 Å². The fraction of sp³-hybridized carbons (Fsp3) is 0.0909. The van der Waals surface area contributed by atoms with Crippen molar-refractivity contribution >= 4 is 23.3 Å². The molecule has 5 nitrogen and oxygen atoms in total. The largest absolute Gasteiger partial charge is 0.545 e. The maximum Gasteiger partial charge on any atom is 0.248 e. The Morgan fingerprint density at radius 2 is 1.69 bits per heavy atom. The first-order valence-electron chi connectivity index (χ1n) is 4.59. The summed E-state index contributed by atoms with van der Waals surface area (Å²) in [6, 6.07) is 6.99. The SMILES string of the molecule is CNc1ccc(NC(=O)/C=C\C(=O)[O-])cc1. The molecule has 0 saturated heterocycles. The molecule has 16 heavy (non-hydrogen) atoms. The van der Waals surface area contributed by atoms with Gasteiger partial charge < -0.3 is 20.5 Å². The van der Waals surface area contributed by atoms with E-state index in [4.69, 9.17) is 0 Å². The van der Waals surface area contributed by atoms with Crippen molar-refractivity contribution in [3.63, 3.8) is 0 Å². The minimum atomic E-state index is -1.40. The predicted molar refractivity (Wildman–Crippen MR) is 58.8 cm³/mol. The summed E-state index contributed by atoms with van der Waals surface area (Å²) in [5.41, 5.74) is 1.51. The Labute approximate surface area is 92.8 Å². The molecule has 0 atom stereocenters. The summed E-state index contributed by atoms with van der Waals surface area (Å²) in [6.45, 7) is 0. The van der Waals surface area contributed by atoms with Crippen LogP contribution in [0.2, 0.25) is 0 Å². The number of carbonyl (C=O) groups is 2. The first-order chi connectivity index (χ1) is 7.61. The van der Waals surface area contributed by atoms with Gasteiger partial charge in [0, 0.05) is 24.5 Å². The molecule has 0 saturated carbocycles. The molecular weight excluding hydrogens is 208 g/mol. The Hall–Kier alpha value is -2.30. The number of carboxylic acid groups (broad SMARTS) is 1. The number of carboxylic acids is 1. The van der Waals surface area contributed by atoms with E-state index >= 15 is 0 Å². The smallest absolute Gasteiger partial charge is 0.248 e. The number of benzene rings is 1. The normalized spacial score (nSPS) is 10.1. The summed E-state index contributed by atoms with van der Waals surface area (Å²) >= 11 is 0. The van der Waals surface area contributed by atoms with Crippen molar-refractivity contribution in [2.75, 3.05) is 17.7 Å². The topological polar surface area (TPSA) is 81.3 Å². The van der Waals surface area contributed by atoms with Crippen molar-refractivity contribution in [2.45, 2.75) is 0 Å². The number of nitrogens with one attached hydrogen (secondary N) is 2. The first-order valence-corrected chi connectivity index (χ1v) is 4.59. The van der Waals surface area contributed by atoms with Gasteiger partial charge >= 0.3 is 0 Å². The minimum absolute atomic E-state index is 0.513. The third kappa shape index (κ3) is 3.83. The Balaban J connectivity index is 2.59. The molecule has 5 heteroatoms. The first kappa shape index (κ1) is 11.8. The standard InChI is InChI=1S/C11H12N2O3/c1-12-8-2-4-9(5-3-8)13-10(14)6-7-11(15)16/h2-7,12H,1H3,(H,13,14)(H,15,16)/p-1/b7-6-. The molecule has 0 fully saturated rings. The van der Waals surface area contributed by atoms with Crippen LogP contribution in [0.25, 0.3) is 0 Å². The Morgan fingerprint density at radius 1 is 1.12 bits per heavy atom. The van der Waals surface area contributed by atoms with Crippen LogP contribution < -0.4 is 15.7 Å². The van der Waals surface area contributed by atoms with Gasteiger partial charge in [-0.25, -0.2) is 0 Å². The van der Waals surface area contributed by atoms with Crippen LogP contribution in [0.15, 0.2) is 36.4 Å². The number of carbonyl (C=O) groups excluding carboxylic acids is 2. The van der Waals surface area contributed by atoms with E-state index in [-0.39, 0.29) is 0 Å². The number of aliphatic carboxylic acids is 1. The van der Waals surface area contributed by atoms with E-state index in [0.717, 1.165) is 11.8 Å². The number of hydrogen-bond acceptors (Lipinski definition) is 4. The third-order valence-electron chi connectivity index (χ3n) is 1.81. The molecule has 0 aliphatic carbocycles. The summed E-state index contributed by atoms with van der Waals surface area (Å²) in [5, 5.41) is 15.5. The Morgan fingerprint density at radius 3 is 2.19 bits per heavy atom. The van der Waals surface area contributed by atoms with Gasteiger partial charge in [0.15, 0.2) is 0 Å². The molecule has 0 aliphatic rings. The fourth-order valence-corrected chi connectivity index (χ4v) is 1.05. The maximum atomic E-state index is 11.2. The van der Waals surface area contributed by atoms with Crippen molar-refractivity contribution in [3.8, 4) is 0 Å². The van der Waals surface area contributed by atoms with Crippen LogP contribution in [0.1, 0.15) is 0 Å². The van der Waals surface area contributed by atoms with Gasteiger partial charge in [-0.2, -0.15) is 0 Å². The molecule has 0 aliphatic heterocycles. The lowest BCUT2D eigenvalue weighted by Crippen LogP contribution is -2.20. The molecule has 2 N–H and O–H groups in total. The number of amides is 1. The monoisotopic (exact) mass is 219 g/mol. The zero-order chi connectivity index (χ0) is 12.0. The van der Waals surface area contributed by atoms with Gasteiger partial charge in [0.1, 0.15) is 0 Å². The third-order valence-corrected chi connectivity index (χ3v) is 1.81. The van der Waals surface area contributed by atoms with Crippen LogP contribution in [0.4, 0.5) is 11.4 Å². The molecule has 0 radical (unpaired) electrons. The molecule has 84 valence electrons. The zero-order valence-corrected chi connectivity index (χ0v) is 8.69. The maximum absolute atomic E-state index is 11.2. The second-order valence-electron chi connectivity index (χ2n) is 2.97. The summed E-state index contributed by atoms with van der Waals surface area (Å²) in [6.07, 6.45) is 1.58. The van der Waals surface area contributed by atoms with Gasteiger partial charge in [0.2, 0.25) is 5.91 Å². The van der Waals surface area contributed by atoms with Crippen molar-refractivity contribution < 1.29 is 14.7 Å². The van der Waals surface area contributed by atoms with E-state index in [2.05, 4.69) is 10.6 Å². The number of rotatable bonds is 4. The van der Waals surface area contributed by atoms with E-state index in [1.54, 1.807) is 31.3 Å². The van der Waals surface area contributed by atoms with Gasteiger partial charge in [-0.05, 0) is 30.3 Å². The van der Waals surface area contributed by atoms with Gasteiger partial charge in [-0.3, -0.25) is 4.79 Å². The highest BCUT2D eigenvalue weighted by molar-refractivity contribution is 6.02. The molecule has 1 aromatic rings. The van der Waals surface area contributed by atoms with Gasteiger partial charge in [0.05, 0.1) is 5.97 Å². The molecule has 1 rings (SSSR count). The van der Waals surface area contributed by atoms with E-state index < -0.39 is 11.9 Å². The lowest BCUT2D eigenvalue weighted by Gasteiger charge is -2.04. The van der Waals surface area contributed by atoms with Crippen molar-refractivity contribution in [1.29, 1.82) is 0 Å². The highest BCUT2D eigenvalue weighted by Crippen LogP contribution is 2.12. The summed E-state index contributed by atoms with van der Waals surface area (Å²) < 4.78 is 0. The molecule has 0 spiro atoms. The molecule has 0 bridgehead atoms. The van der Waals surface area contributed by atoms with Gasteiger partial charge in [-0.1, -0.05) is 0 Å². The highest BCUT2D eigenvalue weighted by atomic mass is 16.4. The minimum Gasteiger partial charge on any atom is -0.545 e. The predicted octanol–water partition coefficient (Wildman–Crippen LogP) is -0.0271. The van der Waals surface area contributed by atoms with Crippen LogP contribution in [0, 0.1) is 0 Å². The average molecular weight is 219 g/mol. The van der Waals surface area contributed by atoms with E-state index in [9.17, 15) is 14.7 Å². The van der Waals surface area contributed by atoms with E-state index in [1.165, 1.54) is 0 Å². The summed E-state index contributed by atoms with van der Waals surface area (Å²) in [4.78, 5) is 21.2. The van der Waals surface area contributed by atoms with Gasteiger partial charge in [-0.15, -0.1) is 0 Å². The molecule has 0 aromatic heterocycles.